The zero-order valence-electron chi connectivity index (χ0n) is 7.69. The molecule has 2 aromatic rings. The Morgan fingerprint density at radius 1 is 1.21 bits per heavy atom. The molecule has 1 fully saturated rings. The molecule has 1 aromatic carbocycles. The van der Waals surface area contributed by atoms with Crippen LogP contribution >= 0.6 is 12.4 Å². The molecule has 1 saturated heterocycles. The van der Waals surface area contributed by atoms with E-state index >= 15 is 0 Å². The van der Waals surface area contributed by atoms with Crippen LogP contribution in [0.5, 0.6) is 0 Å². The van der Waals surface area contributed by atoms with E-state index in [1.54, 1.807) is 0 Å². The van der Waals surface area contributed by atoms with Crippen LogP contribution < -0.4 is 5.32 Å². The fraction of sp³-hybridized carbons (Fsp3) is 0.273. The monoisotopic (exact) mass is 209 g/mol. The van der Waals surface area contributed by atoms with E-state index in [0.717, 1.165) is 18.7 Å². The molecule has 2 nitrogen and oxygen atoms in total. The number of para-hydroxylation sites is 1. The van der Waals surface area contributed by atoms with E-state index in [9.17, 15) is 0 Å². The molecule has 3 rings (SSSR count). The first-order valence-corrected chi connectivity index (χ1v) is 4.62. The molecule has 0 spiro atoms. The molecule has 74 valence electrons. The number of nitrogens with one attached hydrogen (secondary N) is 1. The van der Waals surface area contributed by atoms with Crippen LogP contribution in [0.2, 0.25) is 0 Å². The lowest BCUT2D eigenvalue weighted by molar-refractivity contribution is 0.445. The number of hydrogen-bond acceptors (Lipinski definition) is 2. The Kier molecular flexibility index (Phi) is 2.48. The Balaban J connectivity index is 0.000000750. The first kappa shape index (κ1) is 9.56. The van der Waals surface area contributed by atoms with Crippen LogP contribution in [0.15, 0.2) is 34.9 Å². The average Bonchev–Trinajstić information content (AvgIpc) is 2.47. The Labute approximate surface area is 88.7 Å². The third-order valence-electron chi connectivity index (χ3n) is 2.73. The maximum Gasteiger partial charge on any atom is 0.134 e. The highest BCUT2D eigenvalue weighted by Gasteiger charge is 2.22. The van der Waals surface area contributed by atoms with Crippen LogP contribution in [0.1, 0.15) is 11.5 Å². The van der Waals surface area contributed by atoms with Crippen LogP contribution in [0.3, 0.4) is 0 Å². The van der Waals surface area contributed by atoms with Gasteiger partial charge in [0, 0.05) is 30.0 Å². The van der Waals surface area contributed by atoms with Gasteiger partial charge in [0.15, 0.2) is 0 Å². The van der Waals surface area contributed by atoms with Crippen molar-refractivity contribution in [3.8, 4) is 0 Å². The first-order chi connectivity index (χ1) is 6.45. The first-order valence-electron chi connectivity index (χ1n) is 4.62. The summed E-state index contributed by atoms with van der Waals surface area (Å²) in [6.45, 7) is 2.17. The summed E-state index contributed by atoms with van der Waals surface area (Å²) in [5.41, 5.74) is 2.36. The van der Waals surface area contributed by atoms with Gasteiger partial charge in [-0.2, -0.15) is 0 Å². The summed E-state index contributed by atoms with van der Waals surface area (Å²) in [6.07, 6.45) is 1.90. The molecule has 1 aliphatic heterocycles. The van der Waals surface area contributed by atoms with Crippen molar-refractivity contribution in [1.82, 2.24) is 5.32 Å². The second kappa shape index (κ2) is 3.64. The van der Waals surface area contributed by atoms with Crippen molar-refractivity contribution >= 4 is 23.4 Å². The summed E-state index contributed by atoms with van der Waals surface area (Å²) in [5, 5.41) is 4.54. The lowest BCUT2D eigenvalue weighted by Crippen LogP contribution is -2.39. The molecule has 1 aromatic heterocycles. The van der Waals surface area contributed by atoms with Gasteiger partial charge in [0.25, 0.3) is 0 Å². The fourth-order valence-electron chi connectivity index (χ4n) is 1.82. The Bertz CT molecular complexity index is 434. The zero-order chi connectivity index (χ0) is 8.67. The summed E-state index contributed by atoms with van der Waals surface area (Å²) in [4.78, 5) is 0. The second-order valence-corrected chi connectivity index (χ2v) is 3.54. The van der Waals surface area contributed by atoms with E-state index < -0.39 is 0 Å². The van der Waals surface area contributed by atoms with E-state index in [1.165, 1.54) is 10.9 Å². The maximum absolute atomic E-state index is 5.48. The van der Waals surface area contributed by atoms with Crippen LogP contribution in [0.4, 0.5) is 0 Å². The van der Waals surface area contributed by atoms with Crippen molar-refractivity contribution in [1.29, 1.82) is 0 Å². The quantitative estimate of drug-likeness (QED) is 0.781. The van der Waals surface area contributed by atoms with Gasteiger partial charge >= 0.3 is 0 Å². The highest BCUT2D eigenvalue weighted by atomic mass is 35.5. The average molecular weight is 210 g/mol. The lowest BCUT2D eigenvalue weighted by atomic mass is 9.93. The van der Waals surface area contributed by atoms with Gasteiger partial charge in [0.05, 0.1) is 6.26 Å². The largest absolute Gasteiger partial charge is 0.464 e. The van der Waals surface area contributed by atoms with Gasteiger partial charge in [-0.3, -0.25) is 0 Å². The third kappa shape index (κ3) is 1.31. The second-order valence-electron chi connectivity index (χ2n) is 3.54. The summed E-state index contributed by atoms with van der Waals surface area (Å²) in [6, 6.07) is 8.22. The molecular weight excluding hydrogens is 198 g/mol. The Hall–Kier alpha value is -0.990. The predicted octanol–water partition coefficient (Wildman–Crippen LogP) is 2.54. The molecule has 0 atom stereocenters. The standard InChI is InChI=1S/C11H11NO.ClH/c1-2-4-11-9(3-1)10(7-13-11)8-5-12-6-8;/h1-4,7-8,12H,5-6H2;1H. The van der Waals surface area contributed by atoms with Crippen molar-refractivity contribution < 1.29 is 4.42 Å². The summed E-state index contributed by atoms with van der Waals surface area (Å²) in [5.74, 6) is 0.656. The molecule has 0 aliphatic carbocycles. The minimum atomic E-state index is 0. The number of rotatable bonds is 1. The van der Waals surface area contributed by atoms with Gasteiger partial charge in [-0.25, -0.2) is 0 Å². The van der Waals surface area contributed by atoms with Crippen LogP contribution in [0, 0.1) is 0 Å². The predicted molar refractivity (Wildman–Crippen MR) is 59.1 cm³/mol. The van der Waals surface area contributed by atoms with Gasteiger partial charge in [-0.05, 0) is 6.07 Å². The molecule has 14 heavy (non-hydrogen) atoms. The van der Waals surface area contributed by atoms with Crippen molar-refractivity contribution in [2.24, 2.45) is 0 Å². The molecule has 3 heteroatoms. The summed E-state index contributed by atoms with van der Waals surface area (Å²) in [7, 11) is 0. The topological polar surface area (TPSA) is 25.2 Å². The Morgan fingerprint density at radius 3 is 2.71 bits per heavy atom. The molecule has 2 heterocycles. The molecule has 0 radical (unpaired) electrons. The summed E-state index contributed by atoms with van der Waals surface area (Å²) >= 11 is 0. The van der Waals surface area contributed by atoms with Crippen LogP contribution in [-0.2, 0) is 0 Å². The maximum atomic E-state index is 5.48. The van der Waals surface area contributed by atoms with Crippen LogP contribution in [-0.4, -0.2) is 13.1 Å². The third-order valence-corrected chi connectivity index (χ3v) is 2.73. The van der Waals surface area contributed by atoms with Gasteiger partial charge in [-0.15, -0.1) is 12.4 Å². The van der Waals surface area contributed by atoms with Crippen molar-refractivity contribution in [3.63, 3.8) is 0 Å². The van der Waals surface area contributed by atoms with Gasteiger partial charge in [-0.1, -0.05) is 18.2 Å². The van der Waals surface area contributed by atoms with E-state index in [-0.39, 0.29) is 12.4 Å². The van der Waals surface area contributed by atoms with E-state index in [2.05, 4.69) is 17.4 Å². The highest BCUT2D eigenvalue weighted by Crippen LogP contribution is 2.29. The molecule has 1 aliphatic rings. The van der Waals surface area contributed by atoms with Crippen molar-refractivity contribution in [2.45, 2.75) is 5.92 Å². The number of halogens is 1. The minimum Gasteiger partial charge on any atom is -0.464 e. The normalized spacial score (nSPS) is 16.3. The molecular formula is C11H12ClNO. The van der Waals surface area contributed by atoms with Gasteiger partial charge in [0.1, 0.15) is 5.58 Å². The molecule has 0 saturated carbocycles. The minimum absolute atomic E-state index is 0. The van der Waals surface area contributed by atoms with E-state index in [1.807, 2.05) is 18.4 Å². The number of fused-ring (bicyclic) bond motifs is 1. The van der Waals surface area contributed by atoms with E-state index in [4.69, 9.17) is 4.42 Å². The Morgan fingerprint density at radius 2 is 2.00 bits per heavy atom. The van der Waals surface area contributed by atoms with Gasteiger partial charge in [0.2, 0.25) is 0 Å². The number of furan rings is 1. The van der Waals surface area contributed by atoms with Gasteiger partial charge < -0.3 is 9.73 Å². The smallest absolute Gasteiger partial charge is 0.134 e. The molecule has 0 unspecified atom stereocenters. The highest BCUT2D eigenvalue weighted by molar-refractivity contribution is 5.85. The van der Waals surface area contributed by atoms with Crippen molar-refractivity contribution in [3.05, 3.63) is 36.1 Å². The molecule has 1 N–H and O–H groups in total. The van der Waals surface area contributed by atoms with E-state index in [0.29, 0.717) is 5.92 Å². The lowest BCUT2D eigenvalue weighted by Gasteiger charge is -2.26. The zero-order valence-corrected chi connectivity index (χ0v) is 8.51. The SMILES string of the molecule is Cl.c1ccc2c(C3CNC3)coc2c1. The fourth-order valence-corrected chi connectivity index (χ4v) is 1.82. The molecule has 0 amide bonds. The number of hydrogen-bond donors (Lipinski definition) is 1. The number of benzene rings is 1. The molecule has 0 bridgehead atoms. The van der Waals surface area contributed by atoms with Crippen molar-refractivity contribution in [2.75, 3.05) is 13.1 Å². The summed E-state index contributed by atoms with van der Waals surface area (Å²) < 4.78 is 5.48. The van der Waals surface area contributed by atoms with Crippen LogP contribution in [0.25, 0.3) is 11.0 Å².